The Hall–Kier alpha value is -2.00. The molecule has 0 spiro atoms. The molecule has 0 amide bonds. The van der Waals surface area contributed by atoms with Gasteiger partial charge in [0.25, 0.3) is 0 Å². The summed E-state index contributed by atoms with van der Waals surface area (Å²) < 4.78 is 10.8. The fourth-order valence-electron chi connectivity index (χ4n) is 2.19. The van der Waals surface area contributed by atoms with E-state index in [9.17, 15) is 0 Å². The largest absolute Gasteiger partial charge is 0.497 e. The monoisotopic (exact) mass is 285 g/mol. The molecule has 2 rings (SSSR count). The molecule has 0 aliphatic rings. The molecule has 0 heterocycles. The van der Waals surface area contributed by atoms with Crippen LogP contribution in [0.15, 0.2) is 48.5 Å². The molecule has 112 valence electrons. The third-order valence-electron chi connectivity index (χ3n) is 3.37. The molecule has 0 aromatic heterocycles. The second-order valence-electron chi connectivity index (χ2n) is 5.08. The normalized spacial score (nSPS) is 12.0. The van der Waals surface area contributed by atoms with Gasteiger partial charge in [0.2, 0.25) is 0 Å². The average Bonchev–Trinajstić information content (AvgIpc) is 2.54. The number of ether oxygens (including phenoxy) is 2. The predicted molar refractivity (Wildman–Crippen MR) is 85.9 cm³/mol. The van der Waals surface area contributed by atoms with E-state index in [0.29, 0.717) is 0 Å². The van der Waals surface area contributed by atoms with Gasteiger partial charge in [-0.2, -0.15) is 0 Å². The lowest BCUT2D eigenvalue weighted by molar-refractivity contribution is 0.317. The highest BCUT2D eigenvalue weighted by molar-refractivity contribution is 5.33. The summed E-state index contributed by atoms with van der Waals surface area (Å²) in [6, 6.07) is 16.0. The summed E-state index contributed by atoms with van der Waals surface area (Å²) in [5.74, 6) is 1.75. The number of benzene rings is 2. The van der Waals surface area contributed by atoms with Crippen LogP contribution in [-0.2, 0) is 6.42 Å². The van der Waals surface area contributed by atoms with Crippen LogP contribution in [0.1, 0.15) is 30.5 Å². The second kappa shape index (κ2) is 7.70. The molecule has 0 fully saturated rings. The fraction of sp³-hybridized carbons (Fsp3) is 0.333. The Morgan fingerprint density at radius 3 is 2.48 bits per heavy atom. The molecule has 2 aromatic rings. The van der Waals surface area contributed by atoms with Crippen molar-refractivity contribution in [2.24, 2.45) is 5.73 Å². The van der Waals surface area contributed by atoms with Crippen LogP contribution in [0.3, 0.4) is 0 Å². The average molecular weight is 285 g/mol. The van der Waals surface area contributed by atoms with Crippen LogP contribution in [0, 0.1) is 0 Å². The first-order valence-electron chi connectivity index (χ1n) is 7.34. The maximum absolute atomic E-state index is 6.31. The van der Waals surface area contributed by atoms with Gasteiger partial charge >= 0.3 is 0 Å². The molecule has 21 heavy (non-hydrogen) atoms. The Labute approximate surface area is 126 Å². The molecule has 0 aliphatic carbocycles. The van der Waals surface area contributed by atoms with Gasteiger partial charge in [0.05, 0.1) is 13.7 Å². The minimum Gasteiger partial charge on any atom is -0.497 e. The molecule has 1 atom stereocenters. The van der Waals surface area contributed by atoms with Gasteiger partial charge in [-0.1, -0.05) is 31.2 Å². The van der Waals surface area contributed by atoms with Crippen molar-refractivity contribution < 1.29 is 9.47 Å². The zero-order chi connectivity index (χ0) is 15.1. The number of nitrogens with two attached hydrogens (primary N) is 1. The van der Waals surface area contributed by atoms with Crippen molar-refractivity contribution in [1.82, 2.24) is 0 Å². The van der Waals surface area contributed by atoms with Crippen LogP contribution in [0.4, 0.5) is 0 Å². The van der Waals surface area contributed by atoms with E-state index in [0.717, 1.165) is 36.5 Å². The van der Waals surface area contributed by atoms with Crippen LogP contribution in [-0.4, -0.2) is 13.7 Å². The van der Waals surface area contributed by atoms with Gasteiger partial charge in [-0.05, 0) is 48.2 Å². The lowest BCUT2D eigenvalue weighted by Crippen LogP contribution is -2.13. The van der Waals surface area contributed by atoms with Crippen molar-refractivity contribution in [3.63, 3.8) is 0 Å². The highest BCUT2D eigenvalue weighted by Gasteiger charge is 2.08. The third-order valence-corrected chi connectivity index (χ3v) is 3.37. The van der Waals surface area contributed by atoms with Gasteiger partial charge in [0.15, 0.2) is 0 Å². The highest BCUT2D eigenvalue weighted by atomic mass is 16.5. The molecular weight excluding hydrogens is 262 g/mol. The minimum absolute atomic E-state index is 0.0384. The van der Waals surface area contributed by atoms with Crippen LogP contribution in [0.2, 0.25) is 0 Å². The van der Waals surface area contributed by atoms with Crippen molar-refractivity contribution in [2.75, 3.05) is 13.7 Å². The molecule has 0 radical (unpaired) electrons. The third kappa shape index (κ3) is 4.50. The quantitative estimate of drug-likeness (QED) is 0.843. The first-order chi connectivity index (χ1) is 10.2. The Bertz CT molecular complexity index is 551. The molecule has 1 unspecified atom stereocenters. The maximum Gasteiger partial charge on any atom is 0.119 e. The standard InChI is InChI=1S/C18H23NO2/c1-3-11-21-17-6-4-5-15(13-17)18(19)12-14-7-9-16(20-2)10-8-14/h4-10,13,18H,3,11-12,19H2,1-2H3. The van der Waals surface area contributed by atoms with E-state index in [1.807, 2.05) is 36.4 Å². The number of hydrogen-bond donors (Lipinski definition) is 1. The molecule has 3 heteroatoms. The van der Waals surface area contributed by atoms with Crippen LogP contribution < -0.4 is 15.2 Å². The lowest BCUT2D eigenvalue weighted by Gasteiger charge is -2.14. The second-order valence-corrected chi connectivity index (χ2v) is 5.08. The van der Waals surface area contributed by atoms with E-state index in [4.69, 9.17) is 15.2 Å². The highest BCUT2D eigenvalue weighted by Crippen LogP contribution is 2.22. The summed E-state index contributed by atoms with van der Waals surface area (Å²) in [5.41, 5.74) is 8.60. The summed E-state index contributed by atoms with van der Waals surface area (Å²) in [4.78, 5) is 0. The van der Waals surface area contributed by atoms with E-state index < -0.39 is 0 Å². The summed E-state index contributed by atoms with van der Waals surface area (Å²) >= 11 is 0. The lowest BCUT2D eigenvalue weighted by atomic mass is 9.99. The predicted octanol–water partition coefficient (Wildman–Crippen LogP) is 3.73. The van der Waals surface area contributed by atoms with Crippen LogP contribution >= 0.6 is 0 Å². The van der Waals surface area contributed by atoms with Crippen molar-refractivity contribution >= 4 is 0 Å². The Morgan fingerprint density at radius 2 is 1.81 bits per heavy atom. The summed E-state index contributed by atoms with van der Waals surface area (Å²) in [7, 11) is 1.67. The van der Waals surface area contributed by atoms with E-state index in [1.165, 1.54) is 5.56 Å². The first-order valence-corrected chi connectivity index (χ1v) is 7.34. The van der Waals surface area contributed by atoms with E-state index in [-0.39, 0.29) is 6.04 Å². The molecule has 3 nitrogen and oxygen atoms in total. The van der Waals surface area contributed by atoms with Crippen molar-refractivity contribution in [1.29, 1.82) is 0 Å². The van der Waals surface area contributed by atoms with Gasteiger partial charge in [0.1, 0.15) is 11.5 Å². The number of hydrogen-bond acceptors (Lipinski definition) is 3. The molecule has 0 saturated carbocycles. The Morgan fingerprint density at radius 1 is 1.05 bits per heavy atom. The molecule has 2 aromatic carbocycles. The fourth-order valence-corrected chi connectivity index (χ4v) is 2.19. The zero-order valence-electron chi connectivity index (χ0n) is 12.7. The van der Waals surface area contributed by atoms with Gasteiger partial charge in [-0.25, -0.2) is 0 Å². The minimum atomic E-state index is -0.0384. The zero-order valence-corrected chi connectivity index (χ0v) is 12.7. The van der Waals surface area contributed by atoms with Gasteiger partial charge in [0, 0.05) is 6.04 Å². The SMILES string of the molecule is CCCOc1cccc(C(N)Cc2ccc(OC)cc2)c1. The Kier molecular flexibility index (Phi) is 5.64. The summed E-state index contributed by atoms with van der Waals surface area (Å²) in [5, 5.41) is 0. The topological polar surface area (TPSA) is 44.5 Å². The molecule has 2 N–H and O–H groups in total. The Balaban J connectivity index is 2.03. The van der Waals surface area contributed by atoms with E-state index in [2.05, 4.69) is 19.1 Å². The maximum atomic E-state index is 6.31. The molecular formula is C18H23NO2. The van der Waals surface area contributed by atoms with Crippen LogP contribution in [0.5, 0.6) is 11.5 Å². The summed E-state index contributed by atoms with van der Waals surface area (Å²) in [6.45, 7) is 2.83. The van der Waals surface area contributed by atoms with Gasteiger partial charge < -0.3 is 15.2 Å². The van der Waals surface area contributed by atoms with Crippen molar-refractivity contribution in [2.45, 2.75) is 25.8 Å². The van der Waals surface area contributed by atoms with Crippen LogP contribution in [0.25, 0.3) is 0 Å². The van der Waals surface area contributed by atoms with Crippen molar-refractivity contribution in [3.8, 4) is 11.5 Å². The number of methoxy groups -OCH3 is 1. The summed E-state index contributed by atoms with van der Waals surface area (Å²) in [6.07, 6.45) is 1.79. The number of rotatable bonds is 7. The molecule has 0 saturated heterocycles. The van der Waals surface area contributed by atoms with Crippen molar-refractivity contribution in [3.05, 3.63) is 59.7 Å². The van der Waals surface area contributed by atoms with E-state index >= 15 is 0 Å². The first kappa shape index (κ1) is 15.4. The van der Waals surface area contributed by atoms with E-state index in [1.54, 1.807) is 7.11 Å². The smallest absolute Gasteiger partial charge is 0.119 e. The molecule has 0 bridgehead atoms. The molecule has 0 aliphatic heterocycles. The van der Waals surface area contributed by atoms with Gasteiger partial charge in [-0.15, -0.1) is 0 Å². The van der Waals surface area contributed by atoms with Gasteiger partial charge in [-0.3, -0.25) is 0 Å².